The summed E-state index contributed by atoms with van der Waals surface area (Å²) in [5, 5.41) is 43.1. The lowest BCUT2D eigenvalue weighted by Crippen LogP contribution is -2.45. The number of hydrogen-bond acceptors (Lipinski definition) is 9. The lowest BCUT2D eigenvalue weighted by atomic mass is 9.97. The van der Waals surface area contributed by atoms with E-state index >= 15 is 0 Å². The van der Waals surface area contributed by atoms with Crippen molar-refractivity contribution in [1.29, 1.82) is 15.8 Å². The topological polar surface area (TPSA) is 186 Å². The number of nitrogens with zero attached hydrogens (tertiary/aromatic N) is 6. The van der Waals surface area contributed by atoms with E-state index in [4.69, 9.17) is 15.8 Å². The minimum Gasteiger partial charge on any atom is -0.379 e. The Balaban J connectivity index is 0.000000237. The van der Waals surface area contributed by atoms with Crippen LogP contribution in [0.3, 0.4) is 0 Å². The fraction of sp³-hybridized carbons (Fsp3) is 0.143. The van der Waals surface area contributed by atoms with Gasteiger partial charge in [-0.1, -0.05) is 24.3 Å². The van der Waals surface area contributed by atoms with Crippen LogP contribution in [0.5, 0.6) is 0 Å². The van der Waals surface area contributed by atoms with Crippen molar-refractivity contribution in [3.63, 3.8) is 0 Å². The number of halogens is 4. The van der Waals surface area contributed by atoms with E-state index in [0.717, 1.165) is 54.4 Å². The van der Waals surface area contributed by atoms with E-state index < -0.39 is 50.2 Å². The van der Waals surface area contributed by atoms with Gasteiger partial charge in [0.2, 0.25) is 0 Å². The number of benzene rings is 4. The number of hydrogen-bond donors (Lipinski definition) is 2. The van der Waals surface area contributed by atoms with Crippen molar-refractivity contribution < 1.29 is 35.9 Å². The van der Waals surface area contributed by atoms with Crippen LogP contribution in [0.4, 0.5) is 23.2 Å². The zero-order chi connectivity index (χ0) is 37.4. The lowest BCUT2D eigenvalue weighted by Gasteiger charge is -2.22. The number of nitriles is 3. The van der Waals surface area contributed by atoms with Crippen LogP contribution < -0.4 is 5.32 Å². The number of rotatable bonds is 8. The Morgan fingerprint density at radius 2 is 1.43 bits per heavy atom. The van der Waals surface area contributed by atoms with E-state index in [1.807, 2.05) is 29.6 Å². The largest absolute Gasteiger partial charge is 0.417 e. The second-order valence-corrected chi connectivity index (χ2v) is 13.0. The molecule has 258 valence electrons. The molecule has 1 heterocycles. The summed E-state index contributed by atoms with van der Waals surface area (Å²) in [6.07, 6.45) is -1.72. The molecule has 0 bridgehead atoms. The summed E-state index contributed by atoms with van der Waals surface area (Å²) in [5.74, 6) is -3.06. The van der Waals surface area contributed by atoms with Gasteiger partial charge < -0.3 is 10.4 Å². The fourth-order valence-corrected chi connectivity index (χ4v) is 6.30. The number of aromatic nitrogens is 3. The second-order valence-electron chi connectivity index (χ2n) is 11.1. The molecule has 0 aliphatic carbocycles. The highest BCUT2D eigenvalue weighted by Crippen LogP contribution is 2.34. The Kier molecular flexibility index (Phi) is 11.3. The molecule has 0 saturated carbocycles. The molecule has 0 aliphatic heterocycles. The van der Waals surface area contributed by atoms with Crippen molar-refractivity contribution in [2.75, 3.05) is 11.1 Å². The Bertz CT molecular complexity index is 2180. The molecular weight excluding hydrogens is 690 g/mol. The minimum absolute atomic E-state index is 0.150. The van der Waals surface area contributed by atoms with Crippen molar-refractivity contribution in [3.8, 4) is 18.2 Å². The summed E-state index contributed by atoms with van der Waals surface area (Å²) < 4.78 is 78.4. The van der Waals surface area contributed by atoms with Gasteiger partial charge in [-0.15, -0.1) is 0 Å². The third-order valence-corrected chi connectivity index (χ3v) is 9.18. The monoisotopic (exact) mass is 715 g/mol. The average Bonchev–Trinajstić information content (AvgIpc) is 3.63. The van der Waals surface area contributed by atoms with Crippen molar-refractivity contribution in [2.24, 2.45) is 0 Å². The third kappa shape index (κ3) is 9.39. The first-order valence-corrected chi connectivity index (χ1v) is 16.2. The van der Waals surface area contributed by atoms with E-state index in [1.54, 1.807) is 35.3 Å². The highest BCUT2D eigenvalue weighted by molar-refractivity contribution is 7.91. The molecule has 0 saturated heterocycles. The molecule has 51 heavy (non-hydrogen) atoms. The van der Waals surface area contributed by atoms with Crippen LogP contribution >= 0.6 is 0 Å². The van der Waals surface area contributed by atoms with Gasteiger partial charge in [0.05, 0.1) is 51.1 Å². The Morgan fingerprint density at radius 3 is 1.88 bits per heavy atom. The molecule has 2 N–H and O–H groups in total. The molecule has 0 fully saturated rings. The third-order valence-electron chi connectivity index (χ3n) is 7.25. The summed E-state index contributed by atoms with van der Waals surface area (Å²) in [7, 11) is -4.21. The van der Waals surface area contributed by atoms with Crippen LogP contribution in [0.15, 0.2) is 109 Å². The van der Waals surface area contributed by atoms with Crippen LogP contribution in [0.1, 0.15) is 46.3 Å². The van der Waals surface area contributed by atoms with Gasteiger partial charge in [0.15, 0.2) is 15.4 Å². The smallest absolute Gasteiger partial charge is 0.379 e. The fourth-order valence-electron chi connectivity index (χ4n) is 4.71. The van der Waals surface area contributed by atoms with Crippen molar-refractivity contribution in [3.05, 3.63) is 143 Å². The molecule has 11 nitrogen and oxygen atoms in total. The van der Waals surface area contributed by atoms with Gasteiger partial charge in [0.1, 0.15) is 24.5 Å². The van der Waals surface area contributed by atoms with E-state index in [2.05, 4.69) is 22.2 Å². The van der Waals surface area contributed by atoms with Gasteiger partial charge in [0, 0.05) is 5.69 Å². The van der Waals surface area contributed by atoms with Crippen LogP contribution in [0.25, 0.3) is 0 Å². The summed E-state index contributed by atoms with van der Waals surface area (Å²) in [4.78, 5) is 15.9. The van der Waals surface area contributed by atoms with Crippen molar-refractivity contribution in [2.45, 2.75) is 29.6 Å². The van der Waals surface area contributed by atoms with Gasteiger partial charge >= 0.3 is 6.18 Å². The number of amides is 1. The Hall–Kier alpha value is -6.41. The van der Waals surface area contributed by atoms with Gasteiger partial charge in [-0.2, -0.15) is 34.1 Å². The lowest BCUT2D eigenvalue weighted by molar-refractivity contribution is -0.137. The van der Waals surface area contributed by atoms with Crippen LogP contribution in [0.2, 0.25) is 0 Å². The number of sulfone groups is 1. The maximum atomic E-state index is 13.0. The molecule has 4 aromatic carbocycles. The van der Waals surface area contributed by atoms with Gasteiger partial charge in [-0.25, -0.2) is 22.5 Å². The van der Waals surface area contributed by atoms with E-state index in [0.29, 0.717) is 17.2 Å². The SMILES string of the molecule is CC(O)(CS(=O)(=O)c1ccc(F)cc1)C(=O)Nc1ccc(C#N)c(C(F)(F)F)c1.N#Cc1ccc(C(c2ccc(C#N)cc2)n2cncn2)cc1. The molecule has 1 atom stereocenters. The number of aliphatic hydroxyl groups is 1. The molecule has 1 aromatic heterocycles. The predicted molar refractivity (Wildman–Crippen MR) is 173 cm³/mol. The van der Waals surface area contributed by atoms with Crippen molar-refractivity contribution >= 4 is 21.4 Å². The highest BCUT2D eigenvalue weighted by Gasteiger charge is 2.38. The number of alkyl halides is 3. The second kappa shape index (κ2) is 15.4. The molecular formula is C35H25F4N7O4S. The van der Waals surface area contributed by atoms with Gasteiger partial charge in [0.25, 0.3) is 5.91 Å². The van der Waals surface area contributed by atoms with Crippen molar-refractivity contribution in [1.82, 2.24) is 14.8 Å². The van der Waals surface area contributed by atoms with Gasteiger partial charge in [-0.05, 0) is 84.8 Å². The van der Waals surface area contributed by atoms with Crippen LogP contribution in [-0.4, -0.2) is 45.5 Å². The Morgan fingerprint density at radius 1 is 0.882 bits per heavy atom. The zero-order valence-electron chi connectivity index (χ0n) is 26.4. The maximum absolute atomic E-state index is 13.0. The number of carbonyl (C=O) groups is 1. The summed E-state index contributed by atoms with van der Waals surface area (Å²) in [6, 6.07) is 26.2. The normalized spacial score (nSPS) is 12.3. The summed E-state index contributed by atoms with van der Waals surface area (Å²) in [5.41, 5.74) is -1.65. The minimum atomic E-state index is -4.86. The van der Waals surface area contributed by atoms with E-state index in [-0.39, 0.29) is 16.6 Å². The molecule has 0 spiro atoms. The first-order valence-electron chi connectivity index (χ1n) is 14.6. The molecule has 0 aliphatic rings. The van der Waals surface area contributed by atoms with E-state index in [1.165, 1.54) is 12.4 Å². The van der Waals surface area contributed by atoms with Crippen LogP contribution in [0, 0.1) is 39.8 Å². The Labute approximate surface area is 289 Å². The van der Waals surface area contributed by atoms with Crippen LogP contribution in [-0.2, 0) is 20.8 Å². The first-order chi connectivity index (χ1) is 24.1. The first kappa shape index (κ1) is 37.4. The highest BCUT2D eigenvalue weighted by atomic mass is 32.2. The predicted octanol–water partition coefficient (Wildman–Crippen LogP) is 5.54. The molecule has 5 rings (SSSR count). The summed E-state index contributed by atoms with van der Waals surface area (Å²) in [6.45, 7) is 0.873. The zero-order valence-corrected chi connectivity index (χ0v) is 27.2. The number of anilines is 1. The van der Waals surface area contributed by atoms with Gasteiger partial charge in [-0.3, -0.25) is 4.79 Å². The average molecular weight is 716 g/mol. The number of carbonyl (C=O) groups excluding carboxylic acids is 1. The molecule has 1 unspecified atom stereocenters. The summed E-state index contributed by atoms with van der Waals surface area (Å²) >= 11 is 0. The maximum Gasteiger partial charge on any atom is 0.417 e. The quantitative estimate of drug-likeness (QED) is 0.154. The standard InChI is InChI=1S/C18H14F4N2O4S.C17H11N5/c1-17(26,10-29(27,28)14-6-3-12(19)4-7-14)16(25)24-13-5-2-11(9-23)15(8-13)18(20,21)22;18-9-13-1-5-15(6-2-13)17(22-12-20-11-21-22)16-7-3-14(10-19)4-8-16/h2-8,26H,10H2,1H3,(H,24,25);1-8,11-12,17H. The molecule has 5 aromatic rings. The van der Waals surface area contributed by atoms with E-state index in [9.17, 15) is 35.9 Å². The molecule has 1 amide bonds. The molecule has 0 radical (unpaired) electrons. The number of nitrogens with one attached hydrogen (secondary N) is 1. The molecule has 16 heteroatoms.